The molecule has 2 amide bonds. The number of halogens is 2. The molecule has 1 aromatic rings. The van der Waals surface area contributed by atoms with Crippen LogP contribution in [0.3, 0.4) is 0 Å². The maximum absolute atomic E-state index is 12.7. The predicted molar refractivity (Wildman–Crippen MR) is 81.9 cm³/mol. The number of carbonyl (C=O) groups excluding carboxylic acids is 2. The Hall–Kier alpha value is -1.66. The lowest BCUT2D eigenvalue weighted by molar-refractivity contribution is -0.121. The first-order valence-corrected chi connectivity index (χ1v) is 6.55. The lowest BCUT2D eigenvalue weighted by Gasteiger charge is -2.08. The van der Waals surface area contributed by atoms with Crippen molar-refractivity contribution in [3.8, 4) is 0 Å². The van der Waals surface area contributed by atoms with E-state index in [1.54, 1.807) is 0 Å². The Labute approximate surface area is 129 Å². The summed E-state index contributed by atoms with van der Waals surface area (Å²) in [5.74, 6) is -0.767. The minimum absolute atomic E-state index is 0. The molecule has 0 aliphatic rings. The Morgan fingerprint density at radius 2 is 1.76 bits per heavy atom. The highest BCUT2D eigenvalue weighted by molar-refractivity contribution is 5.94. The van der Waals surface area contributed by atoms with E-state index < -0.39 is 0 Å². The number of hydrogen-bond donors (Lipinski definition) is 3. The van der Waals surface area contributed by atoms with Gasteiger partial charge in [-0.2, -0.15) is 0 Å². The van der Waals surface area contributed by atoms with Gasteiger partial charge in [-0.3, -0.25) is 9.59 Å². The molecule has 21 heavy (non-hydrogen) atoms. The second-order valence-corrected chi connectivity index (χ2v) is 4.63. The Morgan fingerprint density at radius 1 is 1.19 bits per heavy atom. The largest absolute Gasteiger partial charge is 0.354 e. The van der Waals surface area contributed by atoms with Crippen LogP contribution in [0.25, 0.3) is 0 Å². The van der Waals surface area contributed by atoms with Crippen LogP contribution >= 0.6 is 12.4 Å². The first kappa shape index (κ1) is 19.3. The van der Waals surface area contributed by atoms with Crippen LogP contribution in [-0.2, 0) is 4.79 Å². The molecule has 7 heteroatoms. The lowest BCUT2D eigenvalue weighted by Crippen LogP contribution is -2.35. The number of benzene rings is 1. The van der Waals surface area contributed by atoms with Gasteiger partial charge in [0.15, 0.2) is 0 Å². The molecule has 5 nitrogen and oxygen atoms in total. The molecule has 0 aromatic heterocycles. The van der Waals surface area contributed by atoms with Gasteiger partial charge >= 0.3 is 0 Å². The summed E-state index contributed by atoms with van der Waals surface area (Å²) in [6.45, 7) is 2.51. The van der Waals surface area contributed by atoms with Crippen molar-refractivity contribution >= 4 is 24.2 Å². The third-order valence-corrected chi connectivity index (χ3v) is 2.67. The van der Waals surface area contributed by atoms with E-state index in [2.05, 4.69) is 10.6 Å². The molecular weight excluding hydrogens is 297 g/mol. The van der Waals surface area contributed by atoms with E-state index in [0.717, 1.165) is 0 Å². The molecule has 1 unspecified atom stereocenters. The maximum atomic E-state index is 12.7. The van der Waals surface area contributed by atoms with Gasteiger partial charge in [-0.05, 0) is 37.6 Å². The highest BCUT2D eigenvalue weighted by Gasteiger charge is 2.06. The molecule has 0 fully saturated rings. The Bertz CT molecular complexity index is 452. The van der Waals surface area contributed by atoms with Gasteiger partial charge in [0.05, 0.1) is 0 Å². The van der Waals surface area contributed by atoms with Crippen LogP contribution in [0, 0.1) is 5.82 Å². The molecule has 0 saturated carbocycles. The van der Waals surface area contributed by atoms with Crippen LogP contribution in [0.15, 0.2) is 24.3 Å². The van der Waals surface area contributed by atoms with Crippen molar-refractivity contribution in [2.45, 2.75) is 25.8 Å². The van der Waals surface area contributed by atoms with E-state index in [-0.39, 0.29) is 36.1 Å². The van der Waals surface area contributed by atoms with Crippen LogP contribution < -0.4 is 16.4 Å². The molecule has 0 spiro atoms. The number of nitrogens with two attached hydrogens (primary N) is 1. The standard InChI is InChI=1S/C14H20FN3O2.ClH/c1-10(16)2-7-13(19)17-8-9-18-14(20)11-3-5-12(15)6-4-11;/h3-6,10H,2,7-9,16H2,1H3,(H,17,19)(H,18,20);1H. The van der Waals surface area contributed by atoms with Crippen molar-refractivity contribution in [1.82, 2.24) is 10.6 Å². The van der Waals surface area contributed by atoms with E-state index in [0.29, 0.717) is 31.5 Å². The topological polar surface area (TPSA) is 84.2 Å². The fourth-order valence-electron chi connectivity index (χ4n) is 1.53. The molecule has 1 aromatic carbocycles. The van der Waals surface area contributed by atoms with Crippen molar-refractivity contribution in [1.29, 1.82) is 0 Å². The van der Waals surface area contributed by atoms with Gasteiger partial charge < -0.3 is 16.4 Å². The highest BCUT2D eigenvalue weighted by atomic mass is 35.5. The molecule has 0 bridgehead atoms. The summed E-state index contributed by atoms with van der Waals surface area (Å²) in [6.07, 6.45) is 1.01. The summed E-state index contributed by atoms with van der Waals surface area (Å²) in [5.41, 5.74) is 5.93. The molecule has 1 rings (SSSR count). The minimum atomic E-state index is -0.386. The Balaban J connectivity index is 0.00000400. The molecule has 0 saturated heterocycles. The second-order valence-electron chi connectivity index (χ2n) is 4.63. The zero-order valence-electron chi connectivity index (χ0n) is 11.9. The van der Waals surface area contributed by atoms with Crippen molar-refractivity contribution in [3.63, 3.8) is 0 Å². The SMILES string of the molecule is CC(N)CCC(=O)NCCNC(=O)c1ccc(F)cc1.Cl. The van der Waals surface area contributed by atoms with Crippen molar-refractivity contribution < 1.29 is 14.0 Å². The number of amides is 2. The Kier molecular flexibility index (Phi) is 9.32. The number of rotatable bonds is 7. The van der Waals surface area contributed by atoms with Crippen LogP contribution in [0.1, 0.15) is 30.1 Å². The Morgan fingerprint density at radius 3 is 2.33 bits per heavy atom. The van der Waals surface area contributed by atoms with E-state index in [9.17, 15) is 14.0 Å². The van der Waals surface area contributed by atoms with Crippen LogP contribution in [0.4, 0.5) is 4.39 Å². The summed E-state index contributed by atoms with van der Waals surface area (Å²) in [5, 5.41) is 5.32. The first-order valence-electron chi connectivity index (χ1n) is 6.55. The average Bonchev–Trinajstić information content (AvgIpc) is 2.42. The first-order chi connectivity index (χ1) is 9.49. The highest BCUT2D eigenvalue weighted by Crippen LogP contribution is 2.01. The van der Waals surface area contributed by atoms with Gasteiger partial charge in [0, 0.05) is 31.1 Å². The third kappa shape index (κ3) is 8.27. The molecule has 0 radical (unpaired) electrons. The number of nitrogens with one attached hydrogen (secondary N) is 2. The molecule has 0 heterocycles. The van der Waals surface area contributed by atoms with Gasteiger partial charge in [0.25, 0.3) is 5.91 Å². The molecule has 0 aliphatic heterocycles. The van der Waals surface area contributed by atoms with Gasteiger partial charge in [0.1, 0.15) is 5.82 Å². The maximum Gasteiger partial charge on any atom is 0.251 e. The van der Waals surface area contributed by atoms with Gasteiger partial charge in [-0.15, -0.1) is 12.4 Å². The summed E-state index contributed by atoms with van der Waals surface area (Å²) in [6, 6.07) is 5.27. The zero-order valence-corrected chi connectivity index (χ0v) is 12.7. The molecule has 1 atom stereocenters. The minimum Gasteiger partial charge on any atom is -0.354 e. The van der Waals surface area contributed by atoms with Gasteiger partial charge in [-0.25, -0.2) is 4.39 Å². The second kappa shape index (κ2) is 10.1. The van der Waals surface area contributed by atoms with Crippen molar-refractivity contribution in [2.24, 2.45) is 5.73 Å². The zero-order chi connectivity index (χ0) is 15.0. The van der Waals surface area contributed by atoms with E-state index in [1.165, 1.54) is 24.3 Å². The monoisotopic (exact) mass is 317 g/mol. The normalized spacial score (nSPS) is 11.2. The van der Waals surface area contributed by atoms with Crippen LogP contribution in [0.2, 0.25) is 0 Å². The predicted octanol–water partition coefficient (Wildman–Crippen LogP) is 1.22. The summed E-state index contributed by atoms with van der Waals surface area (Å²) in [4.78, 5) is 23.0. The van der Waals surface area contributed by atoms with Crippen LogP contribution in [-0.4, -0.2) is 30.9 Å². The fourth-order valence-corrected chi connectivity index (χ4v) is 1.53. The summed E-state index contributed by atoms with van der Waals surface area (Å²) < 4.78 is 12.7. The lowest BCUT2D eigenvalue weighted by atomic mass is 10.2. The average molecular weight is 318 g/mol. The van der Waals surface area contributed by atoms with E-state index in [4.69, 9.17) is 5.73 Å². The fraction of sp³-hybridized carbons (Fsp3) is 0.429. The molecule has 4 N–H and O–H groups in total. The van der Waals surface area contributed by atoms with Gasteiger partial charge in [-0.1, -0.05) is 0 Å². The molecule has 118 valence electrons. The summed E-state index contributed by atoms with van der Waals surface area (Å²) >= 11 is 0. The number of carbonyl (C=O) groups is 2. The van der Waals surface area contributed by atoms with Crippen molar-refractivity contribution in [3.05, 3.63) is 35.6 Å². The molecular formula is C14H21ClFN3O2. The molecule has 0 aliphatic carbocycles. The smallest absolute Gasteiger partial charge is 0.251 e. The van der Waals surface area contributed by atoms with E-state index in [1.807, 2.05) is 6.92 Å². The third-order valence-electron chi connectivity index (χ3n) is 2.67. The van der Waals surface area contributed by atoms with Crippen molar-refractivity contribution in [2.75, 3.05) is 13.1 Å². The van der Waals surface area contributed by atoms with E-state index >= 15 is 0 Å². The summed E-state index contributed by atoms with van der Waals surface area (Å²) in [7, 11) is 0. The van der Waals surface area contributed by atoms with Gasteiger partial charge in [0.2, 0.25) is 5.91 Å². The quantitative estimate of drug-likeness (QED) is 0.661. The van der Waals surface area contributed by atoms with Crippen LogP contribution in [0.5, 0.6) is 0 Å². The number of hydrogen-bond acceptors (Lipinski definition) is 3.